The first-order chi connectivity index (χ1) is 5.47. The first kappa shape index (κ1) is 6.88. The van der Waals surface area contributed by atoms with Gasteiger partial charge >= 0.3 is 0 Å². The molecular weight excluding hydrogens is 140 g/mol. The molecule has 11 heavy (non-hydrogen) atoms. The fourth-order valence-corrected chi connectivity index (χ4v) is 1.36. The molecule has 0 radical (unpaired) electrons. The summed E-state index contributed by atoms with van der Waals surface area (Å²) < 4.78 is 5.00. The van der Waals surface area contributed by atoms with Gasteiger partial charge in [0.1, 0.15) is 0 Å². The minimum absolute atomic E-state index is 0.433. The van der Waals surface area contributed by atoms with Gasteiger partial charge in [0, 0.05) is 31.2 Å². The van der Waals surface area contributed by atoms with E-state index < -0.39 is 0 Å². The molecule has 0 aromatic carbocycles. The summed E-state index contributed by atoms with van der Waals surface area (Å²) in [6, 6.07) is 2.44. The topological polar surface area (TPSA) is 37.2 Å². The van der Waals surface area contributed by atoms with E-state index in [0.29, 0.717) is 6.04 Å². The van der Waals surface area contributed by atoms with Crippen LogP contribution in [0.3, 0.4) is 0 Å². The van der Waals surface area contributed by atoms with Crippen molar-refractivity contribution in [2.24, 2.45) is 0 Å². The lowest BCUT2D eigenvalue weighted by Crippen LogP contribution is -2.42. The van der Waals surface area contributed by atoms with Gasteiger partial charge in [0.25, 0.3) is 0 Å². The van der Waals surface area contributed by atoms with Gasteiger partial charge < -0.3 is 15.1 Å². The van der Waals surface area contributed by atoms with Crippen molar-refractivity contribution >= 4 is 0 Å². The largest absolute Gasteiger partial charge is 0.472 e. The van der Waals surface area contributed by atoms with Crippen molar-refractivity contribution in [3.63, 3.8) is 0 Å². The van der Waals surface area contributed by atoms with Crippen LogP contribution >= 0.6 is 0 Å². The molecule has 1 aliphatic heterocycles. The Labute approximate surface area is 65.8 Å². The minimum atomic E-state index is 0.433. The molecule has 0 bridgehead atoms. The van der Waals surface area contributed by atoms with Crippen LogP contribution in [0.2, 0.25) is 0 Å². The zero-order valence-corrected chi connectivity index (χ0v) is 6.34. The zero-order valence-electron chi connectivity index (χ0n) is 6.34. The number of rotatable bonds is 1. The van der Waals surface area contributed by atoms with E-state index in [4.69, 9.17) is 4.42 Å². The summed E-state index contributed by atoms with van der Waals surface area (Å²) in [6.45, 7) is 3.10. The highest BCUT2D eigenvalue weighted by Gasteiger charge is 2.14. The van der Waals surface area contributed by atoms with Gasteiger partial charge in [-0.2, -0.15) is 0 Å². The summed E-state index contributed by atoms with van der Waals surface area (Å²) >= 11 is 0. The molecule has 2 N–H and O–H groups in total. The van der Waals surface area contributed by atoms with Gasteiger partial charge in [-0.25, -0.2) is 0 Å². The summed E-state index contributed by atoms with van der Waals surface area (Å²) in [5.74, 6) is 0. The molecule has 0 spiro atoms. The predicted octanol–water partition coefficient (Wildman–Crippen LogP) is 0.513. The molecular formula is C8H12N2O. The van der Waals surface area contributed by atoms with Crippen LogP contribution in [0.5, 0.6) is 0 Å². The summed E-state index contributed by atoms with van der Waals surface area (Å²) in [4.78, 5) is 0. The van der Waals surface area contributed by atoms with E-state index in [1.165, 1.54) is 5.56 Å². The molecule has 3 nitrogen and oxygen atoms in total. The van der Waals surface area contributed by atoms with Gasteiger partial charge in [0.2, 0.25) is 0 Å². The molecule has 0 aliphatic carbocycles. The summed E-state index contributed by atoms with van der Waals surface area (Å²) in [5, 5.41) is 6.72. The van der Waals surface area contributed by atoms with E-state index in [2.05, 4.69) is 10.6 Å². The van der Waals surface area contributed by atoms with E-state index in [9.17, 15) is 0 Å². The first-order valence-electron chi connectivity index (χ1n) is 3.93. The molecule has 60 valence electrons. The van der Waals surface area contributed by atoms with Crippen LogP contribution in [0.15, 0.2) is 23.0 Å². The zero-order chi connectivity index (χ0) is 7.52. The Morgan fingerprint density at radius 2 is 2.45 bits per heavy atom. The van der Waals surface area contributed by atoms with E-state index in [1.807, 2.05) is 6.07 Å². The number of piperazine rings is 1. The highest BCUT2D eigenvalue weighted by Crippen LogP contribution is 2.13. The van der Waals surface area contributed by atoms with E-state index in [-0.39, 0.29) is 0 Å². The number of nitrogens with one attached hydrogen (secondary N) is 2. The summed E-state index contributed by atoms with van der Waals surface area (Å²) in [7, 11) is 0. The number of hydrogen-bond donors (Lipinski definition) is 2. The second kappa shape index (κ2) is 3.07. The van der Waals surface area contributed by atoms with Gasteiger partial charge in [-0.1, -0.05) is 0 Å². The average Bonchev–Trinajstić information content (AvgIpc) is 2.58. The van der Waals surface area contributed by atoms with E-state index in [0.717, 1.165) is 19.6 Å². The molecule has 1 saturated heterocycles. The molecule has 0 amide bonds. The molecule has 2 rings (SSSR count). The molecule has 1 atom stereocenters. The van der Waals surface area contributed by atoms with Crippen molar-refractivity contribution in [2.45, 2.75) is 6.04 Å². The van der Waals surface area contributed by atoms with E-state index >= 15 is 0 Å². The van der Waals surface area contributed by atoms with Crippen LogP contribution in [0, 0.1) is 0 Å². The standard InChI is InChI=1S/C8H12N2O/c1-4-11-6-7(1)8-5-9-2-3-10-8/h1,4,6,8-10H,2-3,5H2/t8-/m0/s1. The van der Waals surface area contributed by atoms with Crippen molar-refractivity contribution in [3.8, 4) is 0 Å². The van der Waals surface area contributed by atoms with Crippen molar-refractivity contribution in [3.05, 3.63) is 24.2 Å². The SMILES string of the molecule is c1cc([C@@H]2CNCCN2)co1. The molecule has 1 fully saturated rings. The lowest BCUT2D eigenvalue weighted by molar-refractivity contribution is 0.426. The average molecular weight is 152 g/mol. The molecule has 0 unspecified atom stereocenters. The summed E-state index contributed by atoms with van der Waals surface area (Å²) in [6.07, 6.45) is 3.51. The maximum absolute atomic E-state index is 5.00. The number of furan rings is 1. The Kier molecular flexibility index (Phi) is 1.92. The lowest BCUT2D eigenvalue weighted by atomic mass is 10.1. The predicted molar refractivity (Wildman–Crippen MR) is 42.3 cm³/mol. The maximum Gasteiger partial charge on any atom is 0.0950 e. The fraction of sp³-hybridized carbons (Fsp3) is 0.500. The third-order valence-electron chi connectivity index (χ3n) is 1.99. The van der Waals surface area contributed by atoms with Crippen LogP contribution in [-0.4, -0.2) is 19.6 Å². The van der Waals surface area contributed by atoms with Gasteiger partial charge in [-0.05, 0) is 6.07 Å². The second-order valence-corrected chi connectivity index (χ2v) is 2.77. The molecule has 1 aromatic heterocycles. The Morgan fingerprint density at radius 1 is 1.45 bits per heavy atom. The highest BCUT2D eigenvalue weighted by molar-refractivity contribution is 5.12. The van der Waals surface area contributed by atoms with Crippen molar-refractivity contribution in [1.29, 1.82) is 0 Å². The lowest BCUT2D eigenvalue weighted by Gasteiger charge is -2.23. The molecule has 0 saturated carbocycles. The first-order valence-corrected chi connectivity index (χ1v) is 3.93. The Bertz CT molecular complexity index is 202. The van der Waals surface area contributed by atoms with Crippen LogP contribution in [0.1, 0.15) is 11.6 Å². The Hall–Kier alpha value is -0.800. The Morgan fingerprint density at radius 3 is 3.09 bits per heavy atom. The van der Waals surface area contributed by atoms with Gasteiger partial charge in [-0.3, -0.25) is 0 Å². The highest BCUT2D eigenvalue weighted by atomic mass is 16.3. The van der Waals surface area contributed by atoms with Crippen LogP contribution < -0.4 is 10.6 Å². The minimum Gasteiger partial charge on any atom is -0.472 e. The van der Waals surface area contributed by atoms with Crippen molar-refractivity contribution in [1.82, 2.24) is 10.6 Å². The van der Waals surface area contributed by atoms with Crippen LogP contribution in [-0.2, 0) is 0 Å². The van der Waals surface area contributed by atoms with Crippen molar-refractivity contribution in [2.75, 3.05) is 19.6 Å². The smallest absolute Gasteiger partial charge is 0.0950 e. The normalized spacial score (nSPS) is 25.3. The van der Waals surface area contributed by atoms with Gasteiger partial charge in [-0.15, -0.1) is 0 Å². The third kappa shape index (κ3) is 1.44. The van der Waals surface area contributed by atoms with Gasteiger partial charge in [0.05, 0.1) is 12.5 Å². The third-order valence-corrected chi connectivity index (χ3v) is 1.99. The Balaban J connectivity index is 2.04. The molecule has 2 heterocycles. The maximum atomic E-state index is 5.00. The fourth-order valence-electron chi connectivity index (χ4n) is 1.36. The monoisotopic (exact) mass is 152 g/mol. The van der Waals surface area contributed by atoms with Crippen LogP contribution in [0.4, 0.5) is 0 Å². The number of hydrogen-bond acceptors (Lipinski definition) is 3. The summed E-state index contributed by atoms with van der Waals surface area (Å²) in [5.41, 5.74) is 1.23. The molecule has 3 heteroatoms. The quantitative estimate of drug-likeness (QED) is 0.615. The molecule has 1 aliphatic rings. The molecule has 1 aromatic rings. The van der Waals surface area contributed by atoms with E-state index in [1.54, 1.807) is 12.5 Å². The second-order valence-electron chi connectivity index (χ2n) is 2.77. The van der Waals surface area contributed by atoms with Gasteiger partial charge in [0.15, 0.2) is 0 Å². The van der Waals surface area contributed by atoms with Crippen molar-refractivity contribution < 1.29 is 4.42 Å². The van der Waals surface area contributed by atoms with Crippen LogP contribution in [0.25, 0.3) is 0 Å².